The number of fused-ring (bicyclic) bond motifs is 1. The number of carboxylic acid groups (broad SMARTS) is 1. The second-order valence-corrected chi connectivity index (χ2v) is 6.78. The Hall–Kier alpha value is -2.67. The van der Waals surface area contributed by atoms with Crippen LogP contribution in [0.25, 0.3) is 21.3 Å². The Balaban J connectivity index is 2.07. The molecule has 0 aliphatic heterocycles. The van der Waals surface area contributed by atoms with Gasteiger partial charge >= 0.3 is 5.97 Å². The Morgan fingerprint density at radius 2 is 2.04 bits per heavy atom. The van der Waals surface area contributed by atoms with Crippen LogP contribution in [-0.4, -0.2) is 27.2 Å². The average molecular weight is 372 g/mol. The van der Waals surface area contributed by atoms with Gasteiger partial charge in [-0.05, 0) is 30.5 Å². The van der Waals surface area contributed by atoms with Crippen LogP contribution in [0, 0.1) is 0 Å². The summed E-state index contributed by atoms with van der Waals surface area (Å²) in [5.74, 6) is -0.257. The number of benzene rings is 1. The number of aromatic nitrogens is 2. The van der Waals surface area contributed by atoms with Crippen LogP contribution in [-0.2, 0) is 4.79 Å². The highest BCUT2D eigenvalue weighted by atomic mass is 32.1. The molecule has 1 aromatic carbocycles. The molecule has 2 heterocycles. The second-order valence-electron chi connectivity index (χ2n) is 5.92. The summed E-state index contributed by atoms with van der Waals surface area (Å²) in [6.45, 7) is 4.44. The lowest BCUT2D eigenvalue weighted by Crippen LogP contribution is -2.29. The maximum absolute atomic E-state index is 12.9. The van der Waals surface area contributed by atoms with E-state index in [1.807, 2.05) is 36.6 Å². The van der Waals surface area contributed by atoms with Gasteiger partial charge in [0.25, 0.3) is 5.56 Å². The van der Waals surface area contributed by atoms with Crippen molar-refractivity contribution in [2.45, 2.75) is 32.7 Å². The van der Waals surface area contributed by atoms with Crippen molar-refractivity contribution in [2.75, 3.05) is 6.61 Å². The quantitative estimate of drug-likeness (QED) is 0.679. The van der Waals surface area contributed by atoms with E-state index in [0.717, 1.165) is 23.3 Å². The van der Waals surface area contributed by atoms with Gasteiger partial charge in [0, 0.05) is 10.9 Å². The van der Waals surface area contributed by atoms with Crippen molar-refractivity contribution >= 4 is 27.5 Å². The van der Waals surface area contributed by atoms with E-state index in [2.05, 4.69) is 4.98 Å². The minimum Gasteiger partial charge on any atom is -0.494 e. The maximum Gasteiger partial charge on any atom is 0.326 e. The zero-order valence-electron chi connectivity index (χ0n) is 14.6. The first kappa shape index (κ1) is 18.1. The van der Waals surface area contributed by atoms with Gasteiger partial charge in [0.05, 0.1) is 18.3 Å². The first-order valence-electron chi connectivity index (χ1n) is 8.51. The number of hydrogen-bond donors (Lipinski definition) is 1. The highest BCUT2D eigenvalue weighted by Gasteiger charge is 2.21. The first-order chi connectivity index (χ1) is 12.6. The van der Waals surface area contributed by atoms with Gasteiger partial charge in [0.15, 0.2) is 0 Å². The Bertz CT molecular complexity index is 975. The minimum atomic E-state index is -1.04. The molecule has 3 aromatic rings. The SMILES string of the molecule is CCCOc1ccc(-c2csc3ncn(C(CC)C(=O)O)c(=O)c23)cc1. The number of nitrogens with zero attached hydrogens (tertiary/aromatic N) is 2. The van der Waals surface area contributed by atoms with Crippen molar-refractivity contribution in [3.8, 4) is 16.9 Å². The standard InChI is InChI=1S/C19H20N2O4S/c1-3-9-25-13-7-5-12(6-8-13)14-10-26-17-16(14)18(22)21(11-20-17)15(4-2)19(23)24/h5-8,10-11,15H,3-4,9H2,1-2H3,(H,23,24). The molecule has 6 nitrogen and oxygen atoms in total. The summed E-state index contributed by atoms with van der Waals surface area (Å²) < 4.78 is 6.80. The fourth-order valence-electron chi connectivity index (χ4n) is 2.82. The molecule has 1 unspecified atom stereocenters. The van der Waals surface area contributed by atoms with E-state index in [0.29, 0.717) is 23.2 Å². The Morgan fingerprint density at radius 1 is 1.31 bits per heavy atom. The van der Waals surface area contributed by atoms with Gasteiger partial charge < -0.3 is 9.84 Å². The van der Waals surface area contributed by atoms with Gasteiger partial charge in [-0.2, -0.15) is 0 Å². The molecule has 1 N–H and O–H groups in total. The van der Waals surface area contributed by atoms with Crippen molar-refractivity contribution in [3.05, 3.63) is 46.3 Å². The van der Waals surface area contributed by atoms with Crippen molar-refractivity contribution in [2.24, 2.45) is 0 Å². The van der Waals surface area contributed by atoms with Gasteiger partial charge in [-0.3, -0.25) is 9.36 Å². The van der Waals surface area contributed by atoms with Gasteiger partial charge in [0.2, 0.25) is 0 Å². The largest absolute Gasteiger partial charge is 0.494 e. The molecule has 0 saturated heterocycles. The lowest BCUT2D eigenvalue weighted by Gasteiger charge is -2.13. The predicted molar refractivity (Wildman–Crippen MR) is 102 cm³/mol. The molecule has 0 aliphatic rings. The number of rotatable bonds is 7. The third-order valence-electron chi connectivity index (χ3n) is 4.17. The minimum absolute atomic E-state index is 0.311. The van der Waals surface area contributed by atoms with Crippen molar-refractivity contribution in [1.29, 1.82) is 0 Å². The lowest BCUT2D eigenvalue weighted by atomic mass is 10.1. The summed E-state index contributed by atoms with van der Waals surface area (Å²) in [6.07, 6.45) is 2.57. The molecule has 7 heteroatoms. The molecule has 0 bridgehead atoms. The highest BCUT2D eigenvalue weighted by molar-refractivity contribution is 7.17. The zero-order chi connectivity index (χ0) is 18.7. The zero-order valence-corrected chi connectivity index (χ0v) is 15.5. The normalized spacial score (nSPS) is 12.2. The maximum atomic E-state index is 12.9. The smallest absolute Gasteiger partial charge is 0.326 e. The molecule has 0 saturated carbocycles. The van der Waals surface area contributed by atoms with Gasteiger partial charge in [-0.15, -0.1) is 11.3 Å². The van der Waals surface area contributed by atoms with E-state index >= 15 is 0 Å². The van der Waals surface area contributed by atoms with E-state index in [1.165, 1.54) is 22.2 Å². The fraction of sp³-hybridized carbons (Fsp3) is 0.316. The Morgan fingerprint density at radius 3 is 2.65 bits per heavy atom. The third kappa shape index (κ3) is 3.35. The molecule has 0 fully saturated rings. The van der Waals surface area contributed by atoms with E-state index < -0.39 is 12.0 Å². The molecular weight excluding hydrogens is 352 g/mol. The first-order valence-corrected chi connectivity index (χ1v) is 9.39. The number of aliphatic carboxylic acids is 1. The van der Waals surface area contributed by atoms with Gasteiger partial charge in [0.1, 0.15) is 16.6 Å². The van der Waals surface area contributed by atoms with Crippen LogP contribution in [0.4, 0.5) is 0 Å². The van der Waals surface area contributed by atoms with E-state index in [1.54, 1.807) is 6.92 Å². The predicted octanol–water partition coefficient (Wildman–Crippen LogP) is 3.95. The van der Waals surface area contributed by atoms with Crippen LogP contribution in [0.15, 0.2) is 40.8 Å². The van der Waals surface area contributed by atoms with E-state index in [4.69, 9.17) is 4.74 Å². The van der Waals surface area contributed by atoms with Crippen LogP contribution in [0.5, 0.6) is 5.75 Å². The number of carbonyl (C=O) groups is 1. The summed E-state index contributed by atoms with van der Waals surface area (Å²) in [5.41, 5.74) is 1.31. The second kappa shape index (κ2) is 7.70. The summed E-state index contributed by atoms with van der Waals surface area (Å²) in [6, 6.07) is 6.62. The lowest BCUT2D eigenvalue weighted by molar-refractivity contribution is -0.141. The summed E-state index contributed by atoms with van der Waals surface area (Å²) in [4.78, 5) is 29.3. The molecule has 2 aromatic heterocycles. The Kier molecular flexibility index (Phi) is 5.37. The summed E-state index contributed by atoms with van der Waals surface area (Å²) in [5, 5.41) is 11.7. The molecule has 0 spiro atoms. The number of thiophene rings is 1. The monoisotopic (exact) mass is 372 g/mol. The van der Waals surface area contributed by atoms with Crippen LogP contribution in [0.3, 0.4) is 0 Å². The van der Waals surface area contributed by atoms with Gasteiger partial charge in [-0.25, -0.2) is 9.78 Å². The van der Waals surface area contributed by atoms with E-state index in [-0.39, 0.29) is 5.56 Å². The average Bonchev–Trinajstić information content (AvgIpc) is 3.07. The topological polar surface area (TPSA) is 81.4 Å². The molecule has 0 amide bonds. The molecular formula is C19H20N2O4S. The number of ether oxygens (including phenoxy) is 1. The van der Waals surface area contributed by atoms with E-state index in [9.17, 15) is 14.7 Å². The van der Waals surface area contributed by atoms with Gasteiger partial charge in [-0.1, -0.05) is 26.0 Å². The molecule has 3 rings (SSSR count). The van der Waals surface area contributed by atoms with Crippen LogP contribution in [0.1, 0.15) is 32.7 Å². The summed E-state index contributed by atoms with van der Waals surface area (Å²) >= 11 is 1.37. The fourth-order valence-corrected chi connectivity index (χ4v) is 3.73. The summed E-state index contributed by atoms with van der Waals surface area (Å²) in [7, 11) is 0. The van der Waals surface area contributed by atoms with Crippen LogP contribution in [0.2, 0.25) is 0 Å². The van der Waals surface area contributed by atoms with Crippen LogP contribution < -0.4 is 10.3 Å². The molecule has 136 valence electrons. The number of hydrogen-bond acceptors (Lipinski definition) is 5. The molecule has 1 atom stereocenters. The third-order valence-corrected chi connectivity index (χ3v) is 5.05. The molecule has 0 radical (unpaired) electrons. The molecule has 26 heavy (non-hydrogen) atoms. The number of carboxylic acids is 1. The van der Waals surface area contributed by atoms with Crippen molar-refractivity contribution in [3.63, 3.8) is 0 Å². The van der Waals surface area contributed by atoms with Crippen molar-refractivity contribution < 1.29 is 14.6 Å². The van der Waals surface area contributed by atoms with Crippen LogP contribution >= 0.6 is 11.3 Å². The van der Waals surface area contributed by atoms with Crippen molar-refractivity contribution in [1.82, 2.24) is 9.55 Å². The molecule has 0 aliphatic carbocycles. The highest BCUT2D eigenvalue weighted by Crippen LogP contribution is 2.32. The Labute approximate surface area is 154 Å².